The number of carbonyl (C=O) groups is 3. The number of nitrogens with zero attached hydrogens (tertiary/aromatic N) is 1. The van der Waals surface area contributed by atoms with Gasteiger partial charge >= 0.3 is 12.1 Å². The number of likely N-dealkylation sites (N-methyl/N-ethyl adjacent to an activating group) is 1. The lowest BCUT2D eigenvalue weighted by atomic mass is 9.86. The molecule has 0 radical (unpaired) electrons. The molecule has 0 aromatic heterocycles. The third-order valence-corrected chi connectivity index (χ3v) is 5.41. The predicted octanol–water partition coefficient (Wildman–Crippen LogP) is 3.41. The summed E-state index contributed by atoms with van der Waals surface area (Å²) in [5, 5.41) is 12.2. The van der Waals surface area contributed by atoms with Crippen LogP contribution in [-0.4, -0.2) is 54.4 Å². The maximum Gasteiger partial charge on any atom is 0.407 e. The van der Waals surface area contributed by atoms with E-state index in [0.29, 0.717) is 0 Å². The van der Waals surface area contributed by atoms with Crippen molar-refractivity contribution in [1.82, 2.24) is 10.4 Å². The molecule has 2 aromatic carbocycles. The molecule has 3 rings (SSSR count). The molecule has 1 unspecified atom stereocenters. The van der Waals surface area contributed by atoms with Gasteiger partial charge in [-0.1, -0.05) is 69.3 Å². The lowest BCUT2D eigenvalue weighted by molar-refractivity contribution is -0.189. The number of fused-ring (bicyclic) bond motifs is 3. The van der Waals surface area contributed by atoms with E-state index in [4.69, 9.17) is 14.7 Å². The fraction of sp³-hybridized carbons (Fsp3) is 0.375. The van der Waals surface area contributed by atoms with Crippen molar-refractivity contribution in [2.24, 2.45) is 5.41 Å². The Labute approximate surface area is 187 Å². The van der Waals surface area contributed by atoms with Gasteiger partial charge in [0, 0.05) is 13.0 Å². The van der Waals surface area contributed by atoms with E-state index in [1.165, 1.54) is 7.05 Å². The van der Waals surface area contributed by atoms with Crippen LogP contribution in [0, 0.1) is 5.41 Å². The summed E-state index contributed by atoms with van der Waals surface area (Å²) in [5.41, 5.74) is 3.76. The highest BCUT2D eigenvalue weighted by Gasteiger charge is 2.36. The van der Waals surface area contributed by atoms with Gasteiger partial charge in [-0.25, -0.2) is 14.7 Å². The molecule has 1 atom stereocenters. The van der Waals surface area contributed by atoms with Crippen LogP contribution in [0.15, 0.2) is 48.5 Å². The zero-order valence-electron chi connectivity index (χ0n) is 18.6. The fourth-order valence-electron chi connectivity index (χ4n) is 3.80. The summed E-state index contributed by atoms with van der Waals surface area (Å²) in [6.07, 6.45) is -0.730. The third-order valence-electron chi connectivity index (χ3n) is 5.41. The van der Waals surface area contributed by atoms with E-state index in [0.717, 1.165) is 27.3 Å². The van der Waals surface area contributed by atoms with Crippen molar-refractivity contribution in [3.05, 3.63) is 59.7 Å². The number of carboxylic acids is 1. The molecular formula is C24H28N2O6. The highest BCUT2D eigenvalue weighted by molar-refractivity contribution is 5.86. The number of ether oxygens (including phenoxy) is 1. The average molecular weight is 440 g/mol. The molecular weight excluding hydrogens is 412 g/mol. The number of hydrogen-bond acceptors (Lipinski definition) is 5. The Bertz CT molecular complexity index is 968. The summed E-state index contributed by atoms with van der Waals surface area (Å²) < 4.78 is 5.54. The van der Waals surface area contributed by atoms with Crippen LogP contribution in [0.5, 0.6) is 0 Å². The van der Waals surface area contributed by atoms with Gasteiger partial charge in [0.1, 0.15) is 12.6 Å². The first kappa shape index (κ1) is 23.3. The number of hydroxylamine groups is 2. The molecule has 0 saturated heterocycles. The number of alkyl carbamates (subject to hydrolysis) is 1. The molecule has 1 aliphatic rings. The smallest absolute Gasteiger partial charge is 0.407 e. The van der Waals surface area contributed by atoms with Crippen molar-refractivity contribution in [2.75, 3.05) is 20.3 Å². The van der Waals surface area contributed by atoms with Crippen LogP contribution >= 0.6 is 0 Å². The van der Waals surface area contributed by atoms with Crippen molar-refractivity contribution in [2.45, 2.75) is 32.7 Å². The second kappa shape index (κ2) is 9.40. The van der Waals surface area contributed by atoms with Crippen molar-refractivity contribution in [1.29, 1.82) is 0 Å². The summed E-state index contributed by atoms with van der Waals surface area (Å²) in [4.78, 5) is 41.0. The maximum absolute atomic E-state index is 12.8. The molecule has 1 aliphatic carbocycles. The maximum atomic E-state index is 12.8. The summed E-state index contributed by atoms with van der Waals surface area (Å²) in [6, 6.07) is 15.1. The van der Waals surface area contributed by atoms with Crippen LogP contribution < -0.4 is 5.32 Å². The van der Waals surface area contributed by atoms with Crippen LogP contribution in [-0.2, 0) is 19.2 Å². The van der Waals surface area contributed by atoms with Crippen molar-refractivity contribution >= 4 is 18.0 Å². The molecule has 0 saturated carbocycles. The fourth-order valence-corrected chi connectivity index (χ4v) is 3.80. The van der Waals surface area contributed by atoms with Crippen LogP contribution in [0.2, 0.25) is 0 Å². The first-order chi connectivity index (χ1) is 15.1. The van der Waals surface area contributed by atoms with Gasteiger partial charge in [0.05, 0.1) is 0 Å². The number of aliphatic carboxylic acids is 1. The molecule has 0 aliphatic heterocycles. The molecule has 170 valence electrons. The number of amides is 2. The van der Waals surface area contributed by atoms with E-state index in [1.54, 1.807) is 20.8 Å². The van der Waals surface area contributed by atoms with Crippen molar-refractivity contribution < 1.29 is 29.1 Å². The molecule has 2 aromatic rings. The van der Waals surface area contributed by atoms with Gasteiger partial charge in [-0.2, -0.15) is 0 Å². The van der Waals surface area contributed by atoms with Gasteiger partial charge in [-0.3, -0.25) is 9.63 Å². The molecule has 8 heteroatoms. The van der Waals surface area contributed by atoms with Crippen molar-refractivity contribution in [3.63, 3.8) is 0 Å². The number of rotatable bonds is 7. The Morgan fingerprint density at radius 1 is 1.03 bits per heavy atom. The molecule has 0 bridgehead atoms. The van der Waals surface area contributed by atoms with Crippen LogP contribution in [0.1, 0.15) is 37.8 Å². The number of hydrogen-bond donors (Lipinski definition) is 2. The molecule has 0 fully saturated rings. The molecule has 32 heavy (non-hydrogen) atoms. The van der Waals surface area contributed by atoms with Crippen LogP contribution in [0.25, 0.3) is 11.1 Å². The van der Waals surface area contributed by atoms with E-state index in [-0.39, 0.29) is 12.5 Å². The van der Waals surface area contributed by atoms with Gasteiger partial charge in [-0.15, -0.1) is 0 Å². The van der Waals surface area contributed by atoms with Gasteiger partial charge < -0.3 is 15.2 Å². The molecule has 2 N–H and O–H groups in total. The van der Waals surface area contributed by atoms with E-state index >= 15 is 0 Å². The minimum atomic E-state index is -1.21. The average Bonchev–Trinajstić information content (AvgIpc) is 3.07. The Morgan fingerprint density at radius 3 is 2.06 bits per heavy atom. The van der Waals surface area contributed by atoms with Crippen molar-refractivity contribution in [3.8, 4) is 11.1 Å². The number of carbonyl (C=O) groups excluding carboxylic acids is 2. The zero-order valence-corrected chi connectivity index (χ0v) is 18.6. The lowest BCUT2D eigenvalue weighted by Gasteiger charge is -2.32. The Morgan fingerprint density at radius 2 is 1.56 bits per heavy atom. The van der Waals surface area contributed by atoms with E-state index in [2.05, 4.69) is 17.4 Å². The minimum absolute atomic E-state index is 0.0986. The molecule has 0 spiro atoms. The normalized spacial score (nSPS) is 13.6. The Balaban J connectivity index is 1.68. The second-order valence-corrected chi connectivity index (χ2v) is 8.77. The second-order valence-electron chi connectivity index (χ2n) is 8.77. The van der Waals surface area contributed by atoms with E-state index < -0.39 is 36.0 Å². The van der Waals surface area contributed by atoms with Crippen LogP contribution in [0.4, 0.5) is 4.79 Å². The monoisotopic (exact) mass is 440 g/mol. The highest BCUT2D eigenvalue weighted by Crippen LogP contribution is 2.44. The summed E-state index contributed by atoms with van der Waals surface area (Å²) in [7, 11) is 1.31. The van der Waals surface area contributed by atoms with E-state index in [9.17, 15) is 14.4 Å². The number of benzene rings is 2. The molecule has 8 nitrogen and oxygen atoms in total. The Kier molecular flexibility index (Phi) is 6.84. The summed E-state index contributed by atoms with van der Waals surface area (Å²) in [5.74, 6) is -1.88. The predicted molar refractivity (Wildman–Crippen MR) is 118 cm³/mol. The standard InChI is InChI=1S/C24H28N2O6/c1-24(2,3)21(22(29)26(4)32-14-20(27)28)25-23(30)31-13-19-17-11-7-5-9-15(17)16-10-6-8-12-18(16)19/h5-12,19,21H,13-14H2,1-4H3,(H,25,30)(H,27,28). The highest BCUT2D eigenvalue weighted by atomic mass is 16.7. The van der Waals surface area contributed by atoms with Crippen LogP contribution in [0.3, 0.4) is 0 Å². The summed E-state index contributed by atoms with van der Waals surface area (Å²) in [6.45, 7) is 4.80. The first-order valence-corrected chi connectivity index (χ1v) is 10.3. The topological polar surface area (TPSA) is 105 Å². The largest absolute Gasteiger partial charge is 0.479 e. The third kappa shape index (κ3) is 5.08. The lowest BCUT2D eigenvalue weighted by Crippen LogP contribution is -2.54. The first-order valence-electron chi connectivity index (χ1n) is 10.3. The number of carboxylic acid groups (broad SMARTS) is 1. The quantitative estimate of drug-likeness (QED) is 0.640. The SMILES string of the molecule is CN(OCC(=O)O)C(=O)C(NC(=O)OCC1c2ccccc2-c2ccccc21)C(C)(C)C. The van der Waals surface area contributed by atoms with Gasteiger partial charge in [-0.05, 0) is 27.7 Å². The van der Waals surface area contributed by atoms with E-state index in [1.807, 2.05) is 36.4 Å². The minimum Gasteiger partial charge on any atom is -0.479 e. The molecule has 2 amide bonds. The number of nitrogens with one attached hydrogen (secondary N) is 1. The van der Waals surface area contributed by atoms with Gasteiger partial charge in [0.2, 0.25) is 0 Å². The van der Waals surface area contributed by atoms with Gasteiger partial charge in [0.25, 0.3) is 5.91 Å². The zero-order chi connectivity index (χ0) is 23.5. The Hall–Kier alpha value is -3.39. The van der Waals surface area contributed by atoms with Gasteiger partial charge in [0.15, 0.2) is 6.61 Å². The molecule has 0 heterocycles. The summed E-state index contributed by atoms with van der Waals surface area (Å²) >= 11 is 0.